The maximum Gasteiger partial charge on any atom is 0.0758 e. The molecule has 1 N–H and O–H groups in total. The van der Waals surface area contributed by atoms with Gasteiger partial charge < -0.3 is 4.98 Å². The molecule has 2 heterocycles. The molecule has 0 spiro atoms. The van der Waals surface area contributed by atoms with Crippen molar-refractivity contribution in [3.05, 3.63) is 71.5 Å². The van der Waals surface area contributed by atoms with Crippen LogP contribution in [0.15, 0.2) is 59.7 Å². The molecule has 0 bridgehead atoms. The molecule has 0 fully saturated rings. The summed E-state index contributed by atoms with van der Waals surface area (Å²) in [5.41, 5.74) is 5.81. The average Bonchev–Trinajstić information content (AvgIpc) is 3.11. The van der Waals surface area contributed by atoms with E-state index in [2.05, 4.69) is 65.6 Å². The van der Waals surface area contributed by atoms with E-state index in [1.165, 1.54) is 27.5 Å². The lowest BCUT2D eigenvalue weighted by Crippen LogP contribution is -1.87. The number of hydrogen-bond acceptors (Lipinski definition) is 1. The van der Waals surface area contributed by atoms with Gasteiger partial charge in [-0.1, -0.05) is 48.5 Å². The van der Waals surface area contributed by atoms with Crippen LogP contribution in [-0.4, -0.2) is 11.2 Å². The Labute approximate surface area is 117 Å². The fourth-order valence-electron chi connectivity index (χ4n) is 2.83. The number of fused-ring (bicyclic) bond motifs is 2. The van der Waals surface area contributed by atoms with Gasteiger partial charge in [-0.15, -0.1) is 0 Å². The van der Waals surface area contributed by atoms with E-state index < -0.39 is 0 Å². The summed E-state index contributed by atoms with van der Waals surface area (Å²) in [5.74, 6) is 0. The molecule has 20 heavy (non-hydrogen) atoms. The van der Waals surface area contributed by atoms with Crippen LogP contribution < -0.4 is 0 Å². The Hall–Kier alpha value is -2.61. The Morgan fingerprint density at radius 2 is 1.80 bits per heavy atom. The van der Waals surface area contributed by atoms with Crippen LogP contribution in [0, 0.1) is 0 Å². The Kier molecular flexibility index (Phi) is 2.36. The third-order valence-electron chi connectivity index (χ3n) is 3.88. The number of rotatable bonds is 1. The zero-order chi connectivity index (χ0) is 13.5. The summed E-state index contributed by atoms with van der Waals surface area (Å²) in [6, 6.07) is 16.8. The van der Waals surface area contributed by atoms with E-state index in [1.54, 1.807) is 0 Å². The van der Waals surface area contributed by atoms with E-state index in [0.29, 0.717) is 0 Å². The van der Waals surface area contributed by atoms with E-state index in [-0.39, 0.29) is 0 Å². The van der Waals surface area contributed by atoms with Gasteiger partial charge in [0.15, 0.2) is 0 Å². The minimum atomic E-state index is 1.06. The molecule has 0 saturated heterocycles. The van der Waals surface area contributed by atoms with E-state index in [4.69, 9.17) is 0 Å². The Balaban J connectivity index is 1.95. The standard InChI is InChI=1S/C18H14N2/c1-12(17-15-8-4-2-6-13(15)10-19-17)18-16-9-5-3-7-14(16)11-20-18/h2-11,19H,1H3. The van der Waals surface area contributed by atoms with Gasteiger partial charge in [-0.2, -0.15) is 0 Å². The lowest BCUT2D eigenvalue weighted by Gasteiger charge is -2.05. The number of hydrogen-bond donors (Lipinski definition) is 1. The van der Waals surface area contributed by atoms with Crippen molar-refractivity contribution in [2.24, 2.45) is 4.99 Å². The normalized spacial score (nSPS) is 15.7. The third-order valence-corrected chi connectivity index (χ3v) is 3.88. The molecule has 0 amide bonds. The number of aromatic nitrogens is 1. The summed E-state index contributed by atoms with van der Waals surface area (Å²) >= 11 is 0. The van der Waals surface area contributed by atoms with Crippen LogP contribution in [0.1, 0.15) is 23.7 Å². The van der Waals surface area contributed by atoms with Crippen molar-refractivity contribution in [1.82, 2.24) is 4.98 Å². The molecule has 0 saturated carbocycles. The molecule has 2 heteroatoms. The van der Waals surface area contributed by atoms with Crippen LogP contribution in [0.4, 0.5) is 0 Å². The molecule has 1 aliphatic heterocycles. The maximum atomic E-state index is 4.60. The summed E-state index contributed by atoms with van der Waals surface area (Å²) in [5, 5.41) is 2.48. The van der Waals surface area contributed by atoms with Crippen molar-refractivity contribution in [2.75, 3.05) is 0 Å². The van der Waals surface area contributed by atoms with Crippen LogP contribution in [-0.2, 0) is 0 Å². The minimum Gasteiger partial charge on any atom is -0.360 e. The highest BCUT2D eigenvalue weighted by molar-refractivity contribution is 6.07. The Bertz CT molecular complexity index is 866. The molecule has 0 aliphatic carbocycles. The van der Waals surface area contributed by atoms with Gasteiger partial charge in [0.1, 0.15) is 0 Å². The number of H-pyrrole nitrogens is 1. The fraction of sp³-hybridized carbons (Fsp3) is 0.0556. The Morgan fingerprint density at radius 1 is 1.00 bits per heavy atom. The van der Waals surface area contributed by atoms with Gasteiger partial charge in [0, 0.05) is 28.9 Å². The zero-order valence-corrected chi connectivity index (χ0v) is 11.2. The second kappa shape index (κ2) is 4.20. The molecule has 1 aliphatic rings. The van der Waals surface area contributed by atoms with Crippen molar-refractivity contribution in [2.45, 2.75) is 6.92 Å². The number of allylic oxidation sites excluding steroid dienone is 1. The molecule has 1 aromatic heterocycles. The van der Waals surface area contributed by atoms with Gasteiger partial charge in [0.2, 0.25) is 0 Å². The van der Waals surface area contributed by atoms with Crippen molar-refractivity contribution in [1.29, 1.82) is 0 Å². The first-order valence-electron chi connectivity index (χ1n) is 6.75. The van der Waals surface area contributed by atoms with Crippen LogP contribution in [0.3, 0.4) is 0 Å². The molecular formula is C18H14N2. The lowest BCUT2D eigenvalue weighted by atomic mass is 10.0. The van der Waals surface area contributed by atoms with E-state index in [9.17, 15) is 0 Å². The summed E-state index contributed by atoms with van der Waals surface area (Å²) < 4.78 is 0. The molecule has 2 aromatic carbocycles. The molecule has 0 atom stereocenters. The molecule has 0 radical (unpaired) electrons. The second-order valence-electron chi connectivity index (χ2n) is 5.07. The van der Waals surface area contributed by atoms with Gasteiger partial charge in [0.05, 0.1) is 11.4 Å². The van der Waals surface area contributed by atoms with Gasteiger partial charge in [-0.25, -0.2) is 0 Å². The van der Waals surface area contributed by atoms with Crippen molar-refractivity contribution in [3.8, 4) is 0 Å². The number of aromatic amines is 1. The maximum absolute atomic E-state index is 4.60. The largest absolute Gasteiger partial charge is 0.360 e. The molecular weight excluding hydrogens is 244 g/mol. The predicted octanol–water partition coefficient (Wildman–Crippen LogP) is 4.49. The topological polar surface area (TPSA) is 28.1 Å². The molecule has 3 aromatic rings. The van der Waals surface area contributed by atoms with Crippen LogP contribution in [0.5, 0.6) is 0 Å². The number of benzene rings is 2. The van der Waals surface area contributed by atoms with Crippen LogP contribution >= 0.6 is 0 Å². The number of aliphatic imine (C=N–C) groups is 1. The third kappa shape index (κ3) is 1.55. The monoisotopic (exact) mass is 258 g/mol. The van der Waals surface area contributed by atoms with Gasteiger partial charge in [0.25, 0.3) is 0 Å². The van der Waals surface area contributed by atoms with E-state index in [1.807, 2.05) is 12.3 Å². The zero-order valence-electron chi connectivity index (χ0n) is 11.2. The fourth-order valence-corrected chi connectivity index (χ4v) is 2.83. The van der Waals surface area contributed by atoms with Crippen LogP contribution in [0.2, 0.25) is 0 Å². The second-order valence-corrected chi connectivity index (χ2v) is 5.07. The first kappa shape index (κ1) is 11.2. The molecule has 4 rings (SSSR count). The van der Waals surface area contributed by atoms with Crippen molar-refractivity contribution in [3.63, 3.8) is 0 Å². The van der Waals surface area contributed by atoms with Crippen molar-refractivity contribution < 1.29 is 0 Å². The highest BCUT2D eigenvalue weighted by Crippen LogP contribution is 2.34. The molecule has 96 valence electrons. The lowest BCUT2D eigenvalue weighted by molar-refractivity contribution is 1.35. The SMILES string of the molecule is CC(=C1N=Cc2ccccc21)c1[nH]cc2ccccc12. The minimum absolute atomic E-state index is 1.06. The first-order chi connectivity index (χ1) is 9.84. The van der Waals surface area contributed by atoms with Crippen LogP contribution in [0.25, 0.3) is 22.0 Å². The number of nitrogens with one attached hydrogen (secondary N) is 1. The summed E-state index contributed by atoms with van der Waals surface area (Å²) in [4.78, 5) is 7.99. The molecule has 2 nitrogen and oxygen atoms in total. The van der Waals surface area contributed by atoms with Gasteiger partial charge >= 0.3 is 0 Å². The predicted molar refractivity (Wildman–Crippen MR) is 84.8 cm³/mol. The summed E-state index contributed by atoms with van der Waals surface area (Å²) in [6.07, 6.45) is 4.00. The van der Waals surface area contributed by atoms with Gasteiger partial charge in [-0.05, 0) is 17.9 Å². The highest BCUT2D eigenvalue weighted by Gasteiger charge is 2.16. The van der Waals surface area contributed by atoms with Crippen molar-refractivity contribution >= 4 is 28.3 Å². The molecule has 0 unspecified atom stereocenters. The van der Waals surface area contributed by atoms with E-state index >= 15 is 0 Å². The summed E-state index contributed by atoms with van der Waals surface area (Å²) in [6.45, 7) is 2.13. The first-order valence-corrected chi connectivity index (χ1v) is 6.75. The van der Waals surface area contributed by atoms with E-state index in [0.717, 1.165) is 11.4 Å². The smallest absolute Gasteiger partial charge is 0.0758 e. The quantitative estimate of drug-likeness (QED) is 0.666. The highest BCUT2D eigenvalue weighted by atomic mass is 14.8. The number of nitrogens with zero attached hydrogens (tertiary/aromatic N) is 1. The Morgan fingerprint density at radius 3 is 2.75 bits per heavy atom. The summed E-state index contributed by atoms with van der Waals surface area (Å²) in [7, 11) is 0. The average molecular weight is 258 g/mol. The van der Waals surface area contributed by atoms with Gasteiger partial charge in [-0.3, -0.25) is 4.99 Å².